The molecule has 0 unspecified atom stereocenters. The Kier molecular flexibility index (Phi) is 8.56. The lowest BCUT2D eigenvalue weighted by atomic mass is 10.1. The van der Waals surface area contributed by atoms with Crippen molar-refractivity contribution in [2.75, 3.05) is 17.9 Å². The van der Waals surface area contributed by atoms with Crippen molar-refractivity contribution in [3.05, 3.63) is 100 Å². The van der Waals surface area contributed by atoms with Crippen molar-refractivity contribution in [2.45, 2.75) is 24.4 Å². The number of likely N-dealkylation sites (N-methyl/N-ethyl adjacent to an activating group) is 1. The van der Waals surface area contributed by atoms with E-state index in [1.807, 2.05) is 0 Å². The Morgan fingerprint density at radius 1 is 1.03 bits per heavy atom. The van der Waals surface area contributed by atoms with E-state index in [0.717, 1.165) is 15.3 Å². The van der Waals surface area contributed by atoms with Gasteiger partial charge in [0.25, 0.3) is 15.7 Å². The molecule has 3 aromatic carbocycles. The van der Waals surface area contributed by atoms with Crippen LogP contribution in [0.2, 0.25) is 0 Å². The van der Waals surface area contributed by atoms with Gasteiger partial charge in [-0.3, -0.25) is 24.0 Å². The SMILES string of the molecule is CNC(=O)[C@@H](C)N(Cc1ccc(F)cc1)C(=O)CN(c1cccc([N+](=O)[O-])c1)S(=O)(=O)c1ccccc1. The van der Waals surface area contributed by atoms with Crippen molar-refractivity contribution in [2.24, 2.45) is 0 Å². The highest BCUT2D eigenvalue weighted by atomic mass is 32.2. The summed E-state index contributed by atoms with van der Waals surface area (Å²) in [6.07, 6.45) is 0. The van der Waals surface area contributed by atoms with Gasteiger partial charge in [0.2, 0.25) is 11.8 Å². The molecule has 10 nitrogen and oxygen atoms in total. The van der Waals surface area contributed by atoms with Crippen molar-refractivity contribution in [3.63, 3.8) is 0 Å². The van der Waals surface area contributed by atoms with Gasteiger partial charge in [-0.05, 0) is 42.8 Å². The van der Waals surface area contributed by atoms with Crippen molar-refractivity contribution in [3.8, 4) is 0 Å². The maximum atomic E-state index is 13.6. The quantitative estimate of drug-likeness (QED) is 0.318. The summed E-state index contributed by atoms with van der Waals surface area (Å²) in [5.74, 6) is -1.72. The zero-order chi connectivity index (χ0) is 27.2. The Labute approximate surface area is 213 Å². The smallest absolute Gasteiger partial charge is 0.271 e. The van der Waals surface area contributed by atoms with Gasteiger partial charge in [0.05, 0.1) is 15.5 Å². The third-order valence-corrected chi connectivity index (χ3v) is 7.41. The number of carbonyl (C=O) groups excluding carboxylic acids is 2. The predicted octanol–water partition coefficient (Wildman–Crippen LogP) is 3.09. The molecule has 1 atom stereocenters. The number of sulfonamides is 1. The predicted molar refractivity (Wildman–Crippen MR) is 135 cm³/mol. The number of nitrogens with zero attached hydrogens (tertiary/aromatic N) is 3. The number of hydrogen-bond acceptors (Lipinski definition) is 6. The molecule has 1 N–H and O–H groups in total. The molecule has 0 spiro atoms. The van der Waals surface area contributed by atoms with E-state index in [0.29, 0.717) is 5.56 Å². The molecule has 3 rings (SSSR count). The molecule has 0 saturated carbocycles. The fourth-order valence-corrected chi connectivity index (χ4v) is 5.02. The van der Waals surface area contributed by atoms with Crippen LogP contribution in [-0.4, -0.2) is 49.7 Å². The van der Waals surface area contributed by atoms with Crippen LogP contribution in [0.3, 0.4) is 0 Å². The van der Waals surface area contributed by atoms with E-state index in [1.165, 1.54) is 80.7 Å². The first-order valence-corrected chi connectivity index (χ1v) is 12.6. The second-order valence-corrected chi connectivity index (χ2v) is 9.90. The maximum Gasteiger partial charge on any atom is 0.271 e. The van der Waals surface area contributed by atoms with Crippen LogP contribution in [0.15, 0.2) is 83.8 Å². The summed E-state index contributed by atoms with van der Waals surface area (Å²) in [6, 6.07) is 16.5. The van der Waals surface area contributed by atoms with E-state index >= 15 is 0 Å². The molecule has 0 aliphatic rings. The van der Waals surface area contributed by atoms with E-state index in [4.69, 9.17) is 0 Å². The average Bonchev–Trinajstić information content (AvgIpc) is 2.90. The largest absolute Gasteiger partial charge is 0.357 e. The number of non-ortho nitro benzene ring substituents is 1. The number of carbonyl (C=O) groups is 2. The van der Waals surface area contributed by atoms with Crippen molar-refractivity contribution >= 4 is 33.2 Å². The number of amides is 2. The third-order valence-electron chi connectivity index (χ3n) is 5.62. The summed E-state index contributed by atoms with van der Waals surface area (Å²) in [5.41, 5.74) is 0.0548. The van der Waals surface area contributed by atoms with Gasteiger partial charge in [-0.15, -0.1) is 0 Å². The molecule has 37 heavy (non-hydrogen) atoms. The lowest BCUT2D eigenvalue weighted by molar-refractivity contribution is -0.384. The summed E-state index contributed by atoms with van der Waals surface area (Å²) >= 11 is 0. The van der Waals surface area contributed by atoms with Gasteiger partial charge in [0, 0.05) is 25.7 Å². The minimum Gasteiger partial charge on any atom is -0.357 e. The van der Waals surface area contributed by atoms with Crippen molar-refractivity contribution in [1.82, 2.24) is 10.2 Å². The van der Waals surface area contributed by atoms with Crippen LogP contribution in [0.1, 0.15) is 12.5 Å². The van der Waals surface area contributed by atoms with Crippen LogP contribution >= 0.6 is 0 Å². The molecule has 194 valence electrons. The van der Waals surface area contributed by atoms with Gasteiger partial charge in [0.1, 0.15) is 18.4 Å². The zero-order valence-corrected chi connectivity index (χ0v) is 20.9. The number of nitrogens with one attached hydrogen (secondary N) is 1. The summed E-state index contributed by atoms with van der Waals surface area (Å²) < 4.78 is 41.4. The third kappa shape index (κ3) is 6.47. The fourth-order valence-electron chi connectivity index (χ4n) is 3.59. The molecule has 0 aromatic heterocycles. The monoisotopic (exact) mass is 528 g/mol. The second kappa shape index (κ2) is 11.6. The lowest BCUT2D eigenvalue weighted by Crippen LogP contribution is -2.50. The molecule has 0 fully saturated rings. The number of anilines is 1. The van der Waals surface area contributed by atoms with Crippen LogP contribution < -0.4 is 9.62 Å². The molecule has 0 saturated heterocycles. The topological polar surface area (TPSA) is 130 Å². The standard InChI is InChI=1S/C25H25FN4O6S/c1-18(25(32)27-2)28(16-19-11-13-20(26)14-12-19)24(31)17-29(21-7-6-8-22(15-21)30(33)34)37(35,36)23-9-4-3-5-10-23/h3-15,18H,16-17H2,1-2H3,(H,27,32)/t18-/m1/s1. The molecule has 3 aromatic rings. The Balaban J connectivity index is 2.06. The van der Waals surface area contributed by atoms with Crippen LogP contribution in [0.25, 0.3) is 0 Å². The Morgan fingerprint density at radius 3 is 2.27 bits per heavy atom. The highest BCUT2D eigenvalue weighted by Crippen LogP contribution is 2.27. The Hall–Kier alpha value is -4.32. The highest BCUT2D eigenvalue weighted by molar-refractivity contribution is 7.92. The van der Waals surface area contributed by atoms with Crippen LogP contribution in [0, 0.1) is 15.9 Å². The van der Waals surface area contributed by atoms with E-state index < -0.39 is 45.2 Å². The number of nitro groups is 1. The first-order valence-electron chi connectivity index (χ1n) is 11.1. The van der Waals surface area contributed by atoms with E-state index in [2.05, 4.69) is 5.32 Å². The molecule has 0 heterocycles. The Bertz CT molecular complexity index is 1380. The summed E-state index contributed by atoms with van der Waals surface area (Å²) in [7, 11) is -2.94. The van der Waals surface area contributed by atoms with E-state index in [1.54, 1.807) is 6.07 Å². The minimum atomic E-state index is -4.34. The summed E-state index contributed by atoms with van der Waals surface area (Å²) in [6.45, 7) is 0.617. The molecular weight excluding hydrogens is 503 g/mol. The maximum absolute atomic E-state index is 13.6. The molecule has 2 amide bonds. The van der Waals surface area contributed by atoms with Gasteiger partial charge < -0.3 is 10.2 Å². The fraction of sp³-hybridized carbons (Fsp3) is 0.200. The number of benzene rings is 3. The van der Waals surface area contributed by atoms with Gasteiger partial charge in [-0.25, -0.2) is 12.8 Å². The molecule has 0 aliphatic heterocycles. The molecule has 0 bridgehead atoms. The van der Waals surface area contributed by atoms with Gasteiger partial charge in [0.15, 0.2) is 0 Å². The molecule has 12 heteroatoms. The number of nitro benzene ring substituents is 1. The number of hydrogen-bond donors (Lipinski definition) is 1. The van der Waals surface area contributed by atoms with E-state index in [9.17, 15) is 32.5 Å². The van der Waals surface area contributed by atoms with Gasteiger partial charge >= 0.3 is 0 Å². The Morgan fingerprint density at radius 2 is 1.68 bits per heavy atom. The minimum absolute atomic E-state index is 0.0965. The van der Waals surface area contributed by atoms with Crippen LogP contribution in [0.4, 0.5) is 15.8 Å². The second-order valence-electron chi connectivity index (χ2n) is 8.04. The summed E-state index contributed by atoms with van der Waals surface area (Å²) in [5, 5.41) is 13.8. The molecular formula is C25H25FN4O6S. The number of halogens is 1. The first-order chi connectivity index (χ1) is 17.5. The lowest BCUT2D eigenvalue weighted by Gasteiger charge is -2.31. The number of rotatable bonds is 10. The molecule has 0 radical (unpaired) electrons. The van der Waals surface area contributed by atoms with Crippen LogP contribution in [-0.2, 0) is 26.2 Å². The normalized spacial score (nSPS) is 11.9. The van der Waals surface area contributed by atoms with E-state index in [-0.39, 0.29) is 22.8 Å². The summed E-state index contributed by atoms with van der Waals surface area (Å²) in [4.78, 5) is 37.7. The van der Waals surface area contributed by atoms with Gasteiger partial charge in [-0.2, -0.15) is 0 Å². The van der Waals surface area contributed by atoms with Crippen molar-refractivity contribution < 1.29 is 27.3 Å². The van der Waals surface area contributed by atoms with Crippen LogP contribution in [0.5, 0.6) is 0 Å². The van der Waals surface area contributed by atoms with Crippen molar-refractivity contribution in [1.29, 1.82) is 0 Å². The highest BCUT2D eigenvalue weighted by Gasteiger charge is 2.32. The zero-order valence-electron chi connectivity index (χ0n) is 20.1. The first kappa shape index (κ1) is 27.3. The average molecular weight is 529 g/mol. The van der Waals surface area contributed by atoms with Gasteiger partial charge in [-0.1, -0.05) is 36.4 Å². The molecule has 0 aliphatic carbocycles.